The lowest BCUT2D eigenvalue weighted by molar-refractivity contribution is 1.13. The van der Waals surface area contributed by atoms with Gasteiger partial charge in [0.15, 0.2) is 15.0 Å². The molecule has 15 heavy (non-hydrogen) atoms. The molecule has 7 heteroatoms. The summed E-state index contributed by atoms with van der Waals surface area (Å²) in [5.41, 5.74) is 0.458. The standard InChI is InChI=1S/C8H6Cl4N3/c1-15(2)8-5(11)3(9)7(14-13)4(10)6(8)12/h1-2H3/q+1. The second-order valence-electron chi connectivity index (χ2n) is 2.95. The molecule has 80 valence electrons. The van der Waals surface area contributed by atoms with Crippen LogP contribution in [0.25, 0.3) is 4.98 Å². The number of diazo groups is 1. The van der Waals surface area contributed by atoms with Crippen LogP contribution in [0.3, 0.4) is 0 Å². The molecule has 0 aliphatic heterocycles. The molecule has 1 aromatic rings. The Balaban J connectivity index is 3.69. The molecule has 0 amide bonds. The van der Waals surface area contributed by atoms with Crippen LogP contribution in [0.2, 0.25) is 20.1 Å². The topological polar surface area (TPSA) is 31.4 Å². The summed E-state index contributed by atoms with van der Waals surface area (Å²) >= 11 is 23.7. The monoisotopic (exact) mass is 284 g/mol. The number of nitrogens with zero attached hydrogens (tertiary/aromatic N) is 3. The summed E-state index contributed by atoms with van der Waals surface area (Å²) in [6.07, 6.45) is 0. The number of hydrogen-bond donors (Lipinski definition) is 0. The summed E-state index contributed by atoms with van der Waals surface area (Å²) < 4.78 is 0. The Kier molecular flexibility index (Phi) is 3.91. The second kappa shape index (κ2) is 4.63. The van der Waals surface area contributed by atoms with Crippen molar-refractivity contribution in [2.75, 3.05) is 19.0 Å². The molecule has 3 nitrogen and oxygen atoms in total. The van der Waals surface area contributed by atoms with E-state index in [4.69, 9.17) is 51.8 Å². The highest BCUT2D eigenvalue weighted by molar-refractivity contribution is 6.52. The smallest absolute Gasteiger partial charge is 0.375 e. The van der Waals surface area contributed by atoms with Crippen molar-refractivity contribution in [3.8, 4) is 0 Å². The fourth-order valence-corrected chi connectivity index (χ4v) is 2.34. The Labute approximate surface area is 107 Å². The first-order valence-electron chi connectivity index (χ1n) is 3.80. The molecular formula is C8H6Cl4N3+. The molecule has 1 rings (SSSR count). The highest BCUT2D eigenvalue weighted by atomic mass is 35.5. The lowest BCUT2D eigenvalue weighted by Gasteiger charge is -2.16. The molecule has 0 atom stereocenters. The summed E-state index contributed by atoms with van der Waals surface area (Å²) in [4.78, 5) is 4.61. The van der Waals surface area contributed by atoms with Gasteiger partial charge in [-0.25, -0.2) is 0 Å². The van der Waals surface area contributed by atoms with Crippen molar-refractivity contribution < 1.29 is 0 Å². The van der Waals surface area contributed by atoms with Crippen LogP contribution in [-0.2, 0) is 0 Å². The molecule has 0 saturated heterocycles. The SMILES string of the molecule is CN(C)c1c(Cl)c(Cl)c([N+]#N)c(Cl)c1Cl. The van der Waals surface area contributed by atoms with Crippen molar-refractivity contribution in [2.24, 2.45) is 0 Å². The predicted molar refractivity (Wildman–Crippen MR) is 65.6 cm³/mol. The van der Waals surface area contributed by atoms with Gasteiger partial charge >= 0.3 is 5.69 Å². The molecule has 0 heterocycles. The molecule has 0 aromatic heterocycles. The quantitative estimate of drug-likeness (QED) is 0.545. The summed E-state index contributed by atoms with van der Waals surface area (Å²) in [6.45, 7) is 0. The molecule has 0 saturated carbocycles. The van der Waals surface area contributed by atoms with E-state index in [0.717, 1.165) is 0 Å². The average Bonchev–Trinajstić information content (AvgIpc) is 2.16. The van der Waals surface area contributed by atoms with E-state index in [0.29, 0.717) is 5.69 Å². The van der Waals surface area contributed by atoms with Gasteiger partial charge in [0.1, 0.15) is 0 Å². The van der Waals surface area contributed by atoms with Crippen molar-refractivity contribution in [3.63, 3.8) is 0 Å². The summed E-state index contributed by atoms with van der Waals surface area (Å²) in [5.74, 6) is 0. The summed E-state index contributed by atoms with van der Waals surface area (Å²) in [6, 6.07) is 0. The van der Waals surface area contributed by atoms with Crippen LogP contribution < -0.4 is 4.90 Å². The first kappa shape index (κ1) is 12.7. The summed E-state index contributed by atoms with van der Waals surface area (Å²) in [7, 11) is 3.49. The van der Waals surface area contributed by atoms with Crippen LogP contribution in [0, 0.1) is 5.39 Å². The third-order valence-corrected chi connectivity index (χ3v) is 3.43. The highest BCUT2D eigenvalue weighted by Crippen LogP contribution is 2.49. The third kappa shape index (κ3) is 2.09. The van der Waals surface area contributed by atoms with E-state index < -0.39 is 0 Å². The number of hydrogen-bond acceptors (Lipinski definition) is 2. The zero-order valence-corrected chi connectivity index (χ0v) is 10.9. The molecule has 0 radical (unpaired) electrons. The van der Waals surface area contributed by atoms with Crippen LogP contribution in [-0.4, -0.2) is 14.1 Å². The first-order chi connectivity index (χ1) is 6.91. The van der Waals surface area contributed by atoms with Gasteiger partial charge in [-0.3, -0.25) is 0 Å². The molecule has 0 N–H and O–H groups in total. The minimum Gasteiger partial charge on any atom is -0.375 e. The van der Waals surface area contributed by atoms with Gasteiger partial charge in [-0.15, -0.1) is 0 Å². The molecule has 0 fully saturated rings. The van der Waals surface area contributed by atoms with E-state index >= 15 is 0 Å². The Morgan fingerprint density at radius 2 is 1.33 bits per heavy atom. The van der Waals surface area contributed by atoms with Crippen molar-refractivity contribution >= 4 is 57.8 Å². The number of halogens is 4. The van der Waals surface area contributed by atoms with E-state index in [2.05, 4.69) is 4.98 Å². The van der Waals surface area contributed by atoms with Crippen LogP contribution >= 0.6 is 46.4 Å². The average molecular weight is 286 g/mol. The summed E-state index contributed by atoms with van der Waals surface area (Å²) in [5, 5.41) is 9.23. The van der Waals surface area contributed by atoms with Gasteiger partial charge < -0.3 is 4.90 Å². The maximum absolute atomic E-state index is 8.70. The highest BCUT2D eigenvalue weighted by Gasteiger charge is 2.29. The zero-order valence-electron chi connectivity index (χ0n) is 7.85. The van der Waals surface area contributed by atoms with Crippen LogP contribution in [0.5, 0.6) is 0 Å². The van der Waals surface area contributed by atoms with Crippen LogP contribution in [0.1, 0.15) is 0 Å². The molecule has 0 aliphatic rings. The lowest BCUT2D eigenvalue weighted by Crippen LogP contribution is -2.10. The fourth-order valence-electron chi connectivity index (χ4n) is 1.09. The van der Waals surface area contributed by atoms with Gasteiger partial charge in [-0.05, 0) is 0 Å². The number of rotatable bonds is 1. The Bertz CT molecular complexity index is 421. The Morgan fingerprint density at radius 3 is 1.60 bits per heavy atom. The van der Waals surface area contributed by atoms with Crippen LogP contribution in [0.4, 0.5) is 11.4 Å². The van der Waals surface area contributed by atoms with Gasteiger partial charge in [0.05, 0.1) is 15.7 Å². The van der Waals surface area contributed by atoms with Gasteiger partial charge in [0.25, 0.3) is 0 Å². The molecule has 0 aliphatic carbocycles. The minimum absolute atomic E-state index is 0.0288. The molecule has 0 unspecified atom stereocenters. The molecule has 0 bridgehead atoms. The number of benzene rings is 1. The van der Waals surface area contributed by atoms with Gasteiger partial charge in [-0.1, -0.05) is 46.4 Å². The third-order valence-electron chi connectivity index (χ3n) is 1.76. The first-order valence-corrected chi connectivity index (χ1v) is 5.31. The van der Waals surface area contributed by atoms with Crippen molar-refractivity contribution in [2.45, 2.75) is 0 Å². The normalized spacial score (nSPS) is 9.93. The van der Waals surface area contributed by atoms with Gasteiger partial charge in [0, 0.05) is 14.1 Å². The lowest BCUT2D eigenvalue weighted by atomic mass is 10.2. The fraction of sp³-hybridized carbons (Fsp3) is 0.250. The van der Waals surface area contributed by atoms with Crippen molar-refractivity contribution in [1.82, 2.24) is 0 Å². The largest absolute Gasteiger partial charge is 0.424 e. The van der Waals surface area contributed by atoms with Crippen molar-refractivity contribution in [1.29, 1.82) is 5.39 Å². The Hall–Kier alpha value is -0.400. The van der Waals surface area contributed by atoms with E-state index in [1.54, 1.807) is 19.0 Å². The Morgan fingerprint density at radius 1 is 0.933 bits per heavy atom. The van der Waals surface area contributed by atoms with E-state index in [9.17, 15) is 0 Å². The van der Waals surface area contributed by atoms with Crippen molar-refractivity contribution in [3.05, 3.63) is 25.1 Å². The number of anilines is 1. The van der Waals surface area contributed by atoms with Gasteiger partial charge in [-0.2, -0.15) is 0 Å². The second-order valence-corrected chi connectivity index (χ2v) is 4.46. The van der Waals surface area contributed by atoms with Gasteiger partial charge in [0.2, 0.25) is 5.39 Å². The van der Waals surface area contributed by atoms with E-state index in [1.165, 1.54) is 0 Å². The maximum atomic E-state index is 8.70. The molecule has 0 spiro atoms. The van der Waals surface area contributed by atoms with Crippen LogP contribution in [0.15, 0.2) is 0 Å². The molecule has 1 aromatic carbocycles. The zero-order chi connectivity index (χ0) is 11.7. The molecular weight excluding hydrogens is 280 g/mol. The predicted octanol–water partition coefficient (Wildman–Crippen LogP) is 4.85. The van der Waals surface area contributed by atoms with E-state index in [1.807, 2.05) is 0 Å². The maximum Gasteiger partial charge on any atom is 0.424 e. The van der Waals surface area contributed by atoms with E-state index in [-0.39, 0.29) is 25.8 Å². The minimum atomic E-state index is -0.0288.